The molecule has 4 N–H and O–H groups in total. The molecular weight excluding hydrogens is 431 g/mol. The largest absolute Gasteiger partial charge is 0.504 e. The average Bonchev–Trinajstić information content (AvgIpc) is 3.22. The second-order valence-corrected chi connectivity index (χ2v) is 8.96. The Kier molecular flexibility index (Phi) is 6.52. The standard InChI is InChI=1S/C20H19FN2O5S2/c1-12-15-7-11-29-19(15)20(26)22-8-6-16(21)18(25)17(12)13-2-4-14(5-3-13)30(27,28)23-9-10-24/h2-7,11,23-25H,1,8-10H2,(H,22,26)/b16-6+,18-17-. The number of amides is 1. The summed E-state index contributed by atoms with van der Waals surface area (Å²) in [7, 11) is -3.83. The molecule has 2 aromatic rings. The van der Waals surface area contributed by atoms with Gasteiger partial charge in [0.05, 0.1) is 16.4 Å². The van der Waals surface area contributed by atoms with Crippen molar-refractivity contribution in [2.45, 2.75) is 4.90 Å². The third-order valence-corrected chi connectivity index (χ3v) is 6.75. The maximum Gasteiger partial charge on any atom is 0.262 e. The van der Waals surface area contributed by atoms with E-state index < -0.39 is 21.6 Å². The monoisotopic (exact) mass is 450 g/mol. The number of hydrogen-bond acceptors (Lipinski definition) is 6. The van der Waals surface area contributed by atoms with Crippen LogP contribution in [0.2, 0.25) is 0 Å². The van der Waals surface area contributed by atoms with Crippen molar-refractivity contribution in [3.05, 3.63) is 76.0 Å². The first kappa shape index (κ1) is 21.9. The summed E-state index contributed by atoms with van der Waals surface area (Å²) in [5.41, 5.74) is 1.03. The van der Waals surface area contributed by atoms with E-state index in [4.69, 9.17) is 5.11 Å². The number of aliphatic hydroxyl groups is 2. The Bertz CT molecular complexity index is 1150. The lowest BCUT2D eigenvalue weighted by atomic mass is 9.92. The first-order valence-electron chi connectivity index (χ1n) is 8.82. The van der Waals surface area contributed by atoms with Crippen LogP contribution >= 0.6 is 11.3 Å². The number of thiophene rings is 1. The van der Waals surface area contributed by atoms with E-state index in [9.17, 15) is 22.7 Å². The van der Waals surface area contributed by atoms with Crippen LogP contribution in [0.5, 0.6) is 0 Å². The molecule has 0 saturated heterocycles. The molecular formula is C20H19FN2O5S2. The van der Waals surface area contributed by atoms with E-state index >= 15 is 0 Å². The number of sulfonamides is 1. The number of nitrogens with one attached hydrogen (secondary N) is 2. The van der Waals surface area contributed by atoms with Crippen molar-refractivity contribution in [2.75, 3.05) is 19.7 Å². The maximum absolute atomic E-state index is 14.5. The van der Waals surface area contributed by atoms with Gasteiger partial charge in [-0.1, -0.05) is 18.7 Å². The van der Waals surface area contributed by atoms with E-state index in [1.807, 2.05) is 0 Å². The predicted molar refractivity (Wildman–Crippen MR) is 113 cm³/mol. The lowest BCUT2D eigenvalue weighted by Gasteiger charge is -2.16. The second-order valence-electron chi connectivity index (χ2n) is 6.27. The Labute approximate surface area is 176 Å². The Morgan fingerprint density at radius 2 is 1.93 bits per heavy atom. The number of carbonyl (C=O) groups is 1. The molecule has 158 valence electrons. The number of benzene rings is 1. The van der Waals surface area contributed by atoms with E-state index in [1.54, 1.807) is 11.4 Å². The number of carbonyl (C=O) groups excluding carboxylic acids is 1. The van der Waals surface area contributed by atoms with E-state index in [2.05, 4.69) is 16.6 Å². The molecule has 1 aliphatic heterocycles. The fourth-order valence-electron chi connectivity index (χ4n) is 2.91. The number of allylic oxidation sites excluding steroid dienone is 3. The normalized spacial score (nSPS) is 19.6. The zero-order valence-electron chi connectivity index (χ0n) is 15.7. The Hall–Kier alpha value is -2.79. The highest BCUT2D eigenvalue weighted by Crippen LogP contribution is 2.38. The number of hydrogen-bond donors (Lipinski definition) is 4. The fraction of sp³-hybridized carbons (Fsp3) is 0.150. The van der Waals surface area contributed by atoms with Crippen molar-refractivity contribution in [3.8, 4) is 0 Å². The maximum atomic E-state index is 14.5. The average molecular weight is 451 g/mol. The molecule has 0 radical (unpaired) electrons. The van der Waals surface area contributed by atoms with Gasteiger partial charge in [0.15, 0.2) is 11.6 Å². The van der Waals surface area contributed by atoms with Gasteiger partial charge in [-0.25, -0.2) is 17.5 Å². The van der Waals surface area contributed by atoms with Crippen molar-refractivity contribution >= 4 is 38.4 Å². The van der Waals surface area contributed by atoms with Gasteiger partial charge in [-0.15, -0.1) is 11.3 Å². The molecule has 2 heterocycles. The van der Waals surface area contributed by atoms with Gasteiger partial charge >= 0.3 is 0 Å². The zero-order valence-corrected chi connectivity index (χ0v) is 17.3. The molecule has 1 aromatic heterocycles. The molecule has 0 fully saturated rings. The van der Waals surface area contributed by atoms with E-state index in [1.165, 1.54) is 35.6 Å². The van der Waals surface area contributed by atoms with Crippen LogP contribution < -0.4 is 10.0 Å². The van der Waals surface area contributed by atoms with Crippen LogP contribution in [0.25, 0.3) is 11.1 Å². The quantitative estimate of drug-likeness (QED) is 0.559. The molecule has 0 bridgehead atoms. The Balaban J connectivity index is 2.10. The molecule has 30 heavy (non-hydrogen) atoms. The number of fused-ring (bicyclic) bond motifs is 1. The fourth-order valence-corrected chi connectivity index (χ4v) is 4.76. The van der Waals surface area contributed by atoms with E-state index in [-0.39, 0.29) is 41.6 Å². The Morgan fingerprint density at radius 3 is 2.60 bits per heavy atom. The second kappa shape index (κ2) is 8.92. The SMILES string of the molecule is C=C1/C(c2ccc(S(=O)(=O)NCCO)cc2)=C(O)\C(F)=C/CNC(=O)c2sccc21. The van der Waals surface area contributed by atoms with Gasteiger partial charge in [0.25, 0.3) is 5.91 Å². The molecule has 3 rings (SSSR count). The van der Waals surface area contributed by atoms with Crippen LogP contribution in [0, 0.1) is 0 Å². The highest BCUT2D eigenvalue weighted by molar-refractivity contribution is 7.89. The van der Waals surface area contributed by atoms with Crippen molar-refractivity contribution in [1.82, 2.24) is 10.0 Å². The first-order chi connectivity index (χ1) is 14.3. The van der Waals surface area contributed by atoms with Gasteiger partial charge in [-0.05, 0) is 40.8 Å². The summed E-state index contributed by atoms with van der Waals surface area (Å²) in [5, 5.41) is 23.6. The van der Waals surface area contributed by atoms with Crippen LogP contribution in [0.3, 0.4) is 0 Å². The van der Waals surface area contributed by atoms with Gasteiger partial charge in [0, 0.05) is 24.2 Å². The molecule has 10 heteroatoms. The predicted octanol–water partition coefficient (Wildman–Crippen LogP) is 2.60. The van der Waals surface area contributed by atoms with Gasteiger partial charge < -0.3 is 15.5 Å². The highest BCUT2D eigenvalue weighted by atomic mass is 32.2. The number of halogens is 1. The first-order valence-corrected chi connectivity index (χ1v) is 11.2. The van der Waals surface area contributed by atoms with E-state index in [0.29, 0.717) is 16.0 Å². The number of rotatable bonds is 5. The van der Waals surface area contributed by atoms with Crippen LogP contribution in [-0.4, -0.2) is 44.2 Å². The zero-order chi connectivity index (χ0) is 21.9. The molecule has 0 unspecified atom stereocenters. The lowest BCUT2D eigenvalue weighted by Crippen LogP contribution is -2.26. The summed E-state index contributed by atoms with van der Waals surface area (Å²) < 4.78 is 41.1. The minimum atomic E-state index is -3.83. The summed E-state index contributed by atoms with van der Waals surface area (Å²) in [6.07, 6.45) is 1.04. The molecule has 0 spiro atoms. The highest BCUT2D eigenvalue weighted by Gasteiger charge is 2.24. The molecule has 7 nitrogen and oxygen atoms in total. The van der Waals surface area contributed by atoms with Crippen LogP contribution in [0.4, 0.5) is 4.39 Å². The molecule has 0 saturated carbocycles. The third kappa shape index (κ3) is 4.36. The van der Waals surface area contributed by atoms with Crippen molar-refractivity contribution < 1.29 is 27.8 Å². The van der Waals surface area contributed by atoms with Crippen LogP contribution in [-0.2, 0) is 10.0 Å². The number of aliphatic hydroxyl groups excluding tert-OH is 2. The van der Waals surface area contributed by atoms with Gasteiger partial charge in [-0.2, -0.15) is 0 Å². The minimum absolute atomic E-state index is 0.0466. The van der Waals surface area contributed by atoms with Crippen molar-refractivity contribution in [2.24, 2.45) is 0 Å². The van der Waals surface area contributed by atoms with Gasteiger partial charge in [-0.3, -0.25) is 4.79 Å². The van der Waals surface area contributed by atoms with Crippen LogP contribution in [0.1, 0.15) is 20.8 Å². The van der Waals surface area contributed by atoms with Crippen molar-refractivity contribution in [3.63, 3.8) is 0 Å². The molecule has 0 aliphatic carbocycles. The van der Waals surface area contributed by atoms with Gasteiger partial charge in [0.2, 0.25) is 10.0 Å². The molecule has 1 aliphatic rings. The van der Waals surface area contributed by atoms with E-state index in [0.717, 1.165) is 6.08 Å². The lowest BCUT2D eigenvalue weighted by molar-refractivity contribution is 0.0961. The van der Waals surface area contributed by atoms with Crippen LogP contribution in [0.15, 0.2) is 64.8 Å². The Morgan fingerprint density at radius 1 is 1.23 bits per heavy atom. The van der Waals surface area contributed by atoms with Gasteiger partial charge in [0.1, 0.15) is 0 Å². The topological polar surface area (TPSA) is 116 Å². The summed E-state index contributed by atoms with van der Waals surface area (Å²) in [6, 6.07) is 7.06. The summed E-state index contributed by atoms with van der Waals surface area (Å²) in [6.45, 7) is 3.36. The third-order valence-electron chi connectivity index (χ3n) is 4.36. The summed E-state index contributed by atoms with van der Waals surface area (Å²) in [5.74, 6) is -1.99. The van der Waals surface area contributed by atoms with Crippen molar-refractivity contribution in [1.29, 1.82) is 0 Å². The molecule has 1 aromatic carbocycles. The molecule has 0 atom stereocenters. The smallest absolute Gasteiger partial charge is 0.262 e. The minimum Gasteiger partial charge on any atom is -0.504 e. The summed E-state index contributed by atoms with van der Waals surface area (Å²) in [4.78, 5) is 12.6. The summed E-state index contributed by atoms with van der Waals surface area (Å²) >= 11 is 1.19. The molecule has 1 amide bonds.